The summed E-state index contributed by atoms with van der Waals surface area (Å²) in [5.74, 6) is -1.50. The number of aryl methyl sites for hydroxylation is 1. The van der Waals surface area contributed by atoms with Gasteiger partial charge in [-0.2, -0.15) is 0 Å². The van der Waals surface area contributed by atoms with Gasteiger partial charge in [-0.3, -0.25) is 0 Å². The summed E-state index contributed by atoms with van der Waals surface area (Å²) in [5.41, 5.74) is 5.94. The zero-order chi connectivity index (χ0) is 10.7. The van der Waals surface area contributed by atoms with Crippen molar-refractivity contribution in [3.8, 4) is 0 Å². The van der Waals surface area contributed by atoms with Crippen LogP contribution >= 0.6 is 35.0 Å². The Morgan fingerprint density at radius 1 is 1.33 bits per heavy atom. The third-order valence-corrected chi connectivity index (χ3v) is 2.82. The zero-order valence-electron chi connectivity index (χ0n) is 8.27. The van der Waals surface area contributed by atoms with Gasteiger partial charge in [0, 0.05) is 6.04 Å². The highest BCUT2D eigenvalue weighted by atomic mass is 127. The normalized spacial score (nSPS) is 12.1. The maximum absolute atomic E-state index is 13.3. The number of hydrogen-bond donors (Lipinski definition) is 1. The second-order valence-electron chi connectivity index (χ2n) is 3.35. The van der Waals surface area contributed by atoms with E-state index in [2.05, 4.69) is 0 Å². The molecule has 0 saturated carbocycles. The Morgan fingerprint density at radius 3 is 2.47 bits per heavy atom. The highest BCUT2D eigenvalue weighted by Gasteiger charge is 2.11. The van der Waals surface area contributed by atoms with Crippen LogP contribution in [0.2, 0.25) is 0 Å². The number of nitrogens with two attached hydrogens (primary N) is 1. The average Bonchev–Trinajstić information content (AvgIpc) is 2.13. The number of hydrogen-bond acceptors (Lipinski definition) is 1. The quantitative estimate of drug-likeness (QED) is 0.659. The van der Waals surface area contributed by atoms with Crippen LogP contribution in [0.1, 0.15) is 18.9 Å². The molecule has 0 saturated heterocycles. The minimum Gasteiger partial charge on any atom is -0.328 e. The molecular weight excluding hydrogens is 334 g/mol. The molecule has 0 fully saturated rings. The van der Waals surface area contributed by atoms with E-state index in [4.69, 9.17) is 5.73 Å². The maximum Gasteiger partial charge on any atom is 0.172 e. The highest BCUT2D eigenvalue weighted by molar-refractivity contribution is 14.1. The highest BCUT2D eigenvalue weighted by Crippen LogP contribution is 2.19. The first-order valence-corrected chi connectivity index (χ1v) is 5.48. The Bertz CT molecular complexity index is 331. The van der Waals surface area contributed by atoms with Crippen molar-refractivity contribution in [3.63, 3.8) is 0 Å². The summed E-state index contributed by atoms with van der Waals surface area (Å²) in [6.07, 6.45) is 1.15. The first kappa shape index (κ1) is 15.1. The van der Waals surface area contributed by atoms with Gasteiger partial charge < -0.3 is 5.73 Å². The fourth-order valence-corrected chi connectivity index (χ4v) is 1.56. The average molecular weight is 348 g/mol. The Hall–Kier alpha value is 0.0600. The first-order valence-electron chi connectivity index (χ1n) is 4.40. The molecular formula is C10H13ClF2IN. The molecule has 0 aliphatic heterocycles. The molecule has 1 atom stereocenters. The lowest BCUT2D eigenvalue weighted by Gasteiger charge is -2.07. The zero-order valence-corrected chi connectivity index (χ0v) is 11.2. The van der Waals surface area contributed by atoms with Gasteiger partial charge in [0.15, 0.2) is 11.6 Å². The van der Waals surface area contributed by atoms with Crippen molar-refractivity contribution in [2.75, 3.05) is 0 Å². The first-order chi connectivity index (χ1) is 6.52. The molecule has 86 valence electrons. The molecule has 2 N–H and O–H groups in total. The van der Waals surface area contributed by atoms with E-state index in [1.165, 1.54) is 0 Å². The van der Waals surface area contributed by atoms with Crippen LogP contribution in [0.15, 0.2) is 12.1 Å². The second-order valence-corrected chi connectivity index (χ2v) is 4.51. The van der Waals surface area contributed by atoms with Gasteiger partial charge in [-0.25, -0.2) is 8.78 Å². The summed E-state index contributed by atoms with van der Waals surface area (Å²) in [7, 11) is 0. The minimum absolute atomic E-state index is 0. The van der Waals surface area contributed by atoms with Crippen molar-refractivity contribution in [2.24, 2.45) is 5.73 Å². The molecule has 1 aromatic carbocycles. The molecule has 0 radical (unpaired) electrons. The van der Waals surface area contributed by atoms with Gasteiger partial charge in [0.2, 0.25) is 0 Å². The Balaban J connectivity index is 0.00000196. The van der Waals surface area contributed by atoms with Crippen molar-refractivity contribution < 1.29 is 8.78 Å². The van der Waals surface area contributed by atoms with Crippen LogP contribution in [0.4, 0.5) is 8.78 Å². The molecule has 5 heteroatoms. The van der Waals surface area contributed by atoms with Crippen LogP contribution in [0, 0.1) is 15.2 Å². The minimum atomic E-state index is -0.757. The third kappa shape index (κ3) is 4.20. The van der Waals surface area contributed by atoms with Crippen molar-refractivity contribution >= 4 is 35.0 Å². The summed E-state index contributed by atoms with van der Waals surface area (Å²) in [4.78, 5) is 0. The molecule has 0 heterocycles. The van der Waals surface area contributed by atoms with E-state index in [0.717, 1.165) is 0 Å². The van der Waals surface area contributed by atoms with Crippen LogP contribution in [0.3, 0.4) is 0 Å². The van der Waals surface area contributed by atoms with E-state index in [-0.39, 0.29) is 18.4 Å². The summed E-state index contributed by atoms with van der Waals surface area (Å²) in [6.45, 7) is 1.85. The fraction of sp³-hybridized carbons (Fsp3) is 0.400. The lowest BCUT2D eigenvalue weighted by molar-refractivity contribution is 0.490. The molecule has 1 unspecified atom stereocenters. The lowest BCUT2D eigenvalue weighted by Crippen LogP contribution is -2.15. The Morgan fingerprint density at radius 2 is 1.93 bits per heavy atom. The summed E-state index contributed by atoms with van der Waals surface area (Å²) < 4.78 is 26.7. The van der Waals surface area contributed by atoms with Crippen LogP contribution in [0.25, 0.3) is 0 Å². The van der Waals surface area contributed by atoms with Gasteiger partial charge >= 0.3 is 0 Å². The molecule has 15 heavy (non-hydrogen) atoms. The van der Waals surface area contributed by atoms with E-state index in [1.807, 2.05) is 6.92 Å². The van der Waals surface area contributed by atoms with Gasteiger partial charge in [0.1, 0.15) is 0 Å². The monoisotopic (exact) mass is 347 g/mol. The summed E-state index contributed by atoms with van der Waals surface area (Å²) in [6, 6.07) is 3.20. The molecule has 0 aliphatic carbocycles. The number of rotatable bonds is 3. The van der Waals surface area contributed by atoms with Gasteiger partial charge in [-0.05, 0) is 54.0 Å². The molecule has 0 aliphatic rings. The van der Waals surface area contributed by atoms with Crippen LogP contribution < -0.4 is 5.73 Å². The standard InChI is InChI=1S/C10H12F2IN.ClH/c1-6(14)2-3-7-4-5-8(13)10(12)9(7)11;/h4-6H,2-3,14H2,1H3;1H. The second kappa shape index (κ2) is 6.60. The molecule has 0 amide bonds. The van der Waals surface area contributed by atoms with Gasteiger partial charge in [-0.1, -0.05) is 6.07 Å². The van der Waals surface area contributed by atoms with E-state index in [0.29, 0.717) is 22.0 Å². The molecule has 0 bridgehead atoms. The van der Waals surface area contributed by atoms with E-state index in [9.17, 15) is 8.78 Å². The number of halogens is 4. The van der Waals surface area contributed by atoms with E-state index in [1.54, 1.807) is 34.7 Å². The predicted molar refractivity (Wildman–Crippen MR) is 68.3 cm³/mol. The van der Waals surface area contributed by atoms with Crippen LogP contribution in [0.5, 0.6) is 0 Å². The third-order valence-electron chi connectivity index (χ3n) is 1.98. The molecule has 0 spiro atoms. The van der Waals surface area contributed by atoms with Crippen LogP contribution in [-0.2, 0) is 6.42 Å². The largest absolute Gasteiger partial charge is 0.328 e. The van der Waals surface area contributed by atoms with Gasteiger partial charge in [-0.15, -0.1) is 12.4 Å². The smallest absolute Gasteiger partial charge is 0.172 e. The van der Waals surface area contributed by atoms with Crippen molar-refractivity contribution in [1.82, 2.24) is 0 Å². The Labute approximate surface area is 108 Å². The summed E-state index contributed by atoms with van der Waals surface area (Å²) >= 11 is 1.77. The van der Waals surface area contributed by atoms with Gasteiger partial charge in [0.25, 0.3) is 0 Å². The molecule has 1 nitrogen and oxygen atoms in total. The number of benzene rings is 1. The molecule has 1 aromatic rings. The molecule has 1 rings (SSSR count). The van der Waals surface area contributed by atoms with Crippen molar-refractivity contribution in [1.29, 1.82) is 0 Å². The van der Waals surface area contributed by atoms with E-state index < -0.39 is 11.6 Å². The van der Waals surface area contributed by atoms with Crippen molar-refractivity contribution in [3.05, 3.63) is 32.9 Å². The van der Waals surface area contributed by atoms with E-state index >= 15 is 0 Å². The fourth-order valence-electron chi connectivity index (χ4n) is 1.14. The Kier molecular flexibility index (Phi) is 6.63. The topological polar surface area (TPSA) is 26.0 Å². The molecule has 0 aromatic heterocycles. The summed E-state index contributed by atoms with van der Waals surface area (Å²) in [5, 5.41) is 0. The van der Waals surface area contributed by atoms with Crippen molar-refractivity contribution in [2.45, 2.75) is 25.8 Å². The van der Waals surface area contributed by atoms with Gasteiger partial charge in [0.05, 0.1) is 3.57 Å². The maximum atomic E-state index is 13.3. The predicted octanol–water partition coefficient (Wildman–Crippen LogP) is 3.27. The SMILES string of the molecule is CC(N)CCc1ccc(I)c(F)c1F.Cl. The lowest BCUT2D eigenvalue weighted by atomic mass is 10.1. The van der Waals surface area contributed by atoms with Crippen LogP contribution in [-0.4, -0.2) is 6.04 Å².